The molecular weight excluding hydrogens is 264 g/mol. The molecular formula is C19H29Cl. The van der Waals surface area contributed by atoms with Crippen molar-refractivity contribution < 1.29 is 0 Å². The molecule has 1 saturated carbocycles. The summed E-state index contributed by atoms with van der Waals surface area (Å²) in [5, 5.41) is 0. The highest BCUT2D eigenvalue weighted by atomic mass is 35.5. The summed E-state index contributed by atoms with van der Waals surface area (Å²) in [5.41, 5.74) is 2.78. The highest BCUT2D eigenvalue weighted by Gasteiger charge is 2.11. The zero-order valence-electron chi connectivity index (χ0n) is 12.7. The molecule has 0 aliphatic heterocycles. The van der Waals surface area contributed by atoms with Crippen LogP contribution >= 0.6 is 11.6 Å². The molecule has 1 aromatic rings. The van der Waals surface area contributed by atoms with E-state index in [1.165, 1.54) is 81.8 Å². The second-order valence-electron chi connectivity index (χ2n) is 6.33. The van der Waals surface area contributed by atoms with Gasteiger partial charge < -0.3 is 0 Å². The second kappa shape index (κ2) is 9.45. The first-order chi connectivity index (χ1) is 9.90. The molecule has 0 unspecified atom stereocenters. The molecule has 0 aromatic heterocycles. The van der Waals surface area contributed by atoms with E-state index in [4.69, 9.17) is 11.6 Å². The fourth-order valence-electron chi connectivity index (χ4n) is 3.38. The van der Waals surface area contributed by atoms with Crippen molar-refractivity contribution in [3.8, 4) is 0 Å². The number of hydrogen-bond donors (Lipinski definition) is 0. The van der Waals surface area contributed by atoms with E-state index in [-0.39, 0.29) is 0 Å². The lowest BCUT2D eigenvalue weighted by Crippen LogP contribution is -2.01. The van der Waals surface area contributed by atoms with Crippen molar-refractivity contribution in [2.24, 2.45) is 0 Å². The zero-order valence-corrected chi connectivity index (χ0v) is 13.5. The van der Waals surface area contributed by atoms with E-state index in [0.29, 0.717) is 5.88 Å². The van der Waals surface area contributed by atoms with Gasteiger partial charge in [-0.2, -0.15) is 0 Å². The minimum absolute atomic E-state index is 0.630. The third-order valence-corrected chi connectivity index (χ3v) is 5.02. The van der Waals surface area contributed by atoms with E-state index < -0.39 is 0 Å². The maximum absolute atomic E-state index is 5.89. The van der Waals surface area contributed by atoms with Crippen LogP contribution in [0.3, 0.4) is 0 Å². The van der Waals surface area contributed by atoms with Crippen molar-refractivity contribution >= 4 is 11.6 Å². The molecule has 1 aliphatic carbocycles. The molecule has 0 radical (unpaired) electrons. The summed E-state index contributed by atoms with van der Waals surface area (Å²) in [5.74, 6) is 1.41. The molecule has 0 saturated heterocycles. The largest absolute Gasteiger partial charge is 0.122 e. The number of benzene rings is 1. The van der Waals surface area contributed by atoms with Crippen LogP contribution in [0.2, 0.25) is 0 Å². The van der Waals surface area contributed by atoms with E-state index >= 15 is 0 Å². The van der Waals surface area contributed by atoms with Gasteiger partial charge in [0.1, 0.15) is 0 Å². The first-order valence-electron chi connectivity index (χ1n) is 8.55. The Morgan fingerprint density at radius 3 is 1.60 bits per heavy atom. The number of rotatable bonds is 2. The van der Waals surface area contributed by atoms with Gasteiger partial charge in [0.25, 0.3) is 0 Å². The molecule has 0 nitrogen and oxygen atoms in total. The minimum Gasteiger partial charge on any atom is -0.122 e. The van der Waals surface area contributed by atoms with Crippen LogP contribution in [0.4, 0.5) is 0 Å². The fraction of sp³-hybridized carbons (Fsp3) is 0.684. The predicted molar refractivity (Wildman–Crippen MR) is 89.5 cm³/mol. The Hall–Kier alpha value is -0.490. The van der Waals surface area contributed by atoms with Crippen molar-refractivity contribution in [2.75, 3.05) is 0 Å². The number of alkyl halides is 1. The van der Waals surface area contributed by atoms with Crippen LogP contribution in [0.25, 0.3) is 0 Å². The van der Waals surface area contributed by atoms with Crippen LogP contribution in [-0.2, 0) is 5.88 Å². The van der Waals surface area contributed by atoms with Crippen molar-refractivity contribution in [3.05, 3.63) is 35.4 Å². The summed E-state index contributed by atoms with van der Waals surface area (Å²) in [4.78, 5) is 0. The highest BCUT2D eigenvalue weighted by Crippen LogP contribution is 2.29. The lowest BCUT2D eigenvalue weighted by Gasteiger charge is -2.18. The average molecular weight is 293 g/mol. The Morgan fingerprint density at radius 2 is 1.15 bits per heavy atom. The van der Waals surface area contributed by atoms with Gasteiger partial charge in [0.2, 0.25) is 0 Å². The molecule has 1 heteroatoms. The van der Waals surface area contributed by atoms with Gasteiger partial charge in [-0.25, -0.2) is 0 Å². The van der Waals surface area contributed by atoms with Crippen LogP contribution in [0.5, 0.6) is 0 Å². The summed E-state index contributed by atoms with van der Waals surface area (Å²) in [7, 11) is 0. The molecule has 0 heterocycles. The SMILES string of the molecule is ClCc1ccc(C2CCCCCCCCCCC2)cc1. The summed E-state index contributed by atoms with van der Waals surface area (Å²) in [6.07, 6.45) is 15.7. The van der Waals surface area contributed by atoms with Crippen LogP contribution in [-0.4, -0.2) is 0 Å². The lowest BCUT2D eigenvalue weighted by molar-refractivity contribution is 0.467. The highest BCUT2D eigenvalue weighted by molar-refractivity contribution is 6.17. The van der Waals surface area contributed by atoms with Gasteiger partial charge in [0.05, 0.1) is 0 Å². The van der Waals surface area contributed by atoms with E-state index in [1.807, 2.05) is 0 Å². The van der Waals surface area contributed by atoms with E-state index in [1.54, 1.807) is 0 Å². The summed E-state index contributed by atoms with van der Waals surface area (Å²) < 4.78 is 0. The molecule has 2 rings (SSSR count). The van der Waals surface area contributed by atoms with Gasteiger partial charge >= 0.3 is 0 Å². The molecule has 112 valence electrons. The quantitative estimate of drug-likeness (QED) is 0.525. The first-order valence-corrected chi connectivity index (χ1v) is 9.08. The van der Waals surface area contributed by atoms with Crippen molar-refractivity contribution in [1.29, 1.82) is 0 Å². The first kappa shape index (κ1) is 15.9. The average Bonchev–Trinajstić information content (AvgIpc) is 2.48. The molecule has 1 aromatic carbocycles. The molecule has 1 fully saturated rings. The lowest BCUT2D eigenvalue weighted by atomic mass is 9.87. The van der Waals surface area contributed by atoms with Crippen molar-refractivity contribution in [2.45, 2.75) is 82.4 Å². The second-order valence-corrected chi connectivity index (χ2v) is 6.60. The van der Waals surface area contributed by atoms with E-state index in [9.17, 15) is 0 Å². The monoisotopic (exact) mass is 292 g/mol. The number of hydrogen-bond acceptors (Lipinski definition) is 0. The molecule has 0 N–H and O–H groups in total. The molecule has 1 aliphatic rings. The van der Waals surface area contributed by atoms with Gasteiger partial charge in [-0.05, 0) is 29.9 Å². The third kappa shape index (κ3) is 5.48. The maximum atomic E-state index is 5.89. The standard InChI is InChI=1S/C19H29Cl/c20-16-17-12-14-19(15-13-17)18-10-8-6-4-2-1-3-5-7-9-11-18/h12-15,18H,1-11,16H2. The summed E-state index contributed by atoms with van der Waals surface area (Å²) in [6, 6.07) is 9.04. The Balaban J connectivity index is 1.93. The van der Waals surface area contributed by atoms with Crippen molar-refractivity contribution in [3.63, 3.8) is 0 Å². The number of halogens is 1. The van der Waals surface area contributed by atoms with Crippen LogP contribution in [0.15, 0.2) is 24.3 Å². The summed E-state index contributed by atoms with van der Waals surface area (Å²) in [6.45, 7) is 0. The summed E-state index contributed by atoms with van der Waals surface area (Å²) >= 11 is 5.89. The molecule has 0 bridgehead atoms. The Morgan fingerprint density at radius 1 is 0.700 bits per heavy atom. The van der Waals surface area contributed by atoms with Gasteiger partial charge in [-0.15, -0.1) is 11.6 Å². The van der Waals surface area contributed by atoms with Gasteiger partial charge in [-0.1, -0.05) is 82.1 Å². The van der Waals surface area contributed by atoms with E-state index in [2.05, 4.69) is 24.3 Å². The Bertz CT molecular complexity index is 343. The normalized spacial score (nSPS) is 20.1. The maximum Gasteiger partial charge on any atom is 0.0474 e. The molecule has 0 spiro atoms. The van der Waals surface area contributed by atoms with Crippen LogP contribution in [0, 0.1) is 0 Å². The topological polar surface area (TPSA) is 0 Å². The van der Waals surface area contributed by atoms with Crippen LogP contribution < -0.4 is 0 Å². The van der Waals surface area contributed by atoms with E-state index in [0.717, 1.165) is 5.92 Å². The predicted octanol–water partition coefficient (Wildman–Crippen LogP) is 6.81. The van der Waals surface area contributed by atoms with Crippen molar-refractivity contribution in [1.82, 2.24) is 0 Å². The van der Waals surface area contributed by atoms with Crippen LogP contribution in [0.1, 0.15) is 87.7 Å². The zero-order chi connectivity index (χ0) is 14.0. The smallest absolute Gasteiger partial charge is 0.0474 e. The Kier molecular flexibility index (Phi) is 7.51. The molecule has 20 heavy (non-hydrogen) atoms. The van der Waals surface area contributed by atoms with Gasteiger partial charge in [-0.3, -0.25) is 0 Å². The fourth-order valence-corrected chi connectivity index (χ4v) is 3.55. The molecule has 0 atom stereocenters. The minimum atomic E-state index is 0.630. The Labute approximate surface area is 129 Å². The van der Waals surface area contributed by atoms with Gasteiger partial charge in [0.15, 0.2) is 0 Å². The van der Waals surface area contributed by atoms with Gasteiger partial charge in [0, 0.05) is 5.88 Å². The third-order valence-electron chi connectivity index (χ3n) is 4.71. The molecule has 0 amide bonds.